The van der Waals surface area contributed by atoms with Gasteiger partial charge >= 0.3 is 0 Å². The highest BCUT2D eigenvalue weighted by Gasteiger charge is 2.20. The van der Waals surface area contributed by atoms with Crippen LogP contribution in [0.4, 0.5) is 0 Å². The van der Waals surface area contributed by atoms with Gasteiger partial charge in [0.05, 0.1) is 13.2 Å². The summed E-state index contributed by atoms with van der Waals surface area (Å²) < 4.78 is 18.0. The lowest BCUT2D eigenvalue weighted by Crippen LogP contribution is -2.40. The number of ether oxygens (including phenoxy) is 3. The second kappa shape index (κ2) is 8.76. The molecule has 0 unspecified atom stereocenters. The van der Waals surface area contributed by atoms with Crippen LogP contribution in [0.15, 0.2) is 53.0 Å². The molecule has 0 aromatic heterocycles. The van der Waals surface area contributed by atoms with E-state index >= 15 is 0 Å². The summed E-state index contributed by atoms with van der Waals surface area (Å²) in [6, 6.07) is 15.2. The van der Waals surface area contributed by atoms with E-state index in [2.05, 4.69) is 21.2 Å². The van der Waals surface area contributed by atoms with Crippen LogP contribution in [0.5, 0.6) is 17.2 Å². The van der Waals surface area contributed by atoms with E-state index in [0.717, 1.165) is 21.7 Å². The molecule has 1 heterocycles. The van der Waals surface area contributed by atoms with Crippen molar-refractivity contribution in [2.75, 3.05) is 19.8 Å². The van der Waals surface area contributed by atoms with Gasteiger partial charge in [0, 0.05) is 10.9 Å². The minimum atomic E-state index is -0.169. The molecule has 0 saturated heterocycles. The van der Waals surface area contributed by atoms with Crippen molar-refractivity contribution in [2.45, 2.75) is 18.9 Å². The number of nitrogens with one attached hydrogen (secondary N) is 1. The second-order valence-electron chi connectivity index (χ2n) is 5.71. The highest BCUT2D eigenvalue weighted by Crippen LogP contribution is 2.30. The van der Waals surface area contributed by atoms with E-state index in [-0.39, 0.29) is 12.0 Å². The Bertz CT molecular complexity index is 705. The molecule has 0 fully saturated rings. The van der Waals surface area contributed by atoms with Crippen LogP contribution in [0.1, 0.15) is 12.8 Å². The fourth-order valence-corrected chi connectivity index (χ4v) is 2.70. The molecule has 132 valence electrons. The third-order valence-electron chi connectivity index (χ3n) is 3.72. The summed E-state index contributed by atoms with van der Waals surface area (Å²) in [7, 11) is 0. The third kappa shape index (κ3) is 5.39. The molecule has 1 aliphatic rings. The maximum Gasteiger partial charge on any atom is 0.220 e. The van der Waals surface area contributed by atoms with Gasteiger partial charge in [-0.3, -0.25) is 4.79 Å². The Kier molecular flexibility index (Phi) is 6.17. The van der Waals surface area contributed by atoms with Gasteiger partial charge in [0.1, 0.15) is 18.5 Å². The molecule has 1 aliphatic heterocycles. The Morgan fingerprint density at radius 3 is 2.72 bits per heavy atom. The first-order valence-electron chi connectivity index (χ1n) is 8.24. The van der Waals surface area contributed by atoms with Crippen LogP contribution < -0.4 is 19.5 Å². The van der Waals surface area contributed by atoms with Crippen molar-refractivity contribution >= 4 is 21.8 Å². The van der Waals surface area contributed by atoms with Crippen LogP contribution in [0.25, 0.3) is 0 Å². The monoisotopic (exact) mass is 405 g/mol. The van der Waals surface area contributed by atoms with E-state index in [1.54, 1.807) is 0 Å². The summed E-state index contributed by atoms with van der Waals surface area (Å²) in [4.78, 5) is 11.9. The average Bonchev–Trinajstić information content (AvgIpc) is 2.65. The lowest BCUT2D eigenvalue weighted by atomic mass is 10.2. The molecule has 0 aliphatic carbocycles. The maximum absolute atomic E-state index is 11.9. The zero-order valence-electron chi connectivity index (χ0n) is 13.7. The van der Waals surface area contributed by atoms with E-state index in [4.69, 9.17) is 14.2 Å². The van der Waals surface area contributed by atoms with E-state index in [0.29, 0.717) is 32.6 Å². The Morgan fingerprint density at radius 1 is 1.16 bits per heavy atom. The van der Waals surface area contributed by atoms with Crippen LogP contribution in [-0.2, 0) is 4.79 Å². The van der Waals surface area contributed by atoms with Gasteiger partial charge in [-0.15, -0.1) is 0 Å². The summed E-state index contributed by atoms with van der Waals surface area (Å²) in [5, 5.41) is 2.88. The summed E-state index contributed by atoms with van der Waals surface area (Å²) >= 11 is 3.38. The predicted octanol–water partition coefficient (Wildman–Crippen LogP) is 3.56. The SMILES string of the molecule is O=C(CCCOc1ccc(Br)cc1)NC[C@@H]1COc2ccccc2O1. The van der Waals surface area contributed by atoms with Crippen LogP contribution in [0, 0.1) is 0 Å². The summed E-state index contributed by atoms with van der Waals surface area (Å²) in [6.07, 6.45) is 0.908. The first-order valence-corrected chi connectivity index (χ1v) is 9.03. The number of para-hydroxylation sites is 2. The van der Waals surface area contributed by atoms with Gasteiger partial charge in [-0.05, 0) is 42.8 Å². The summed E-state index contributed by atoms with van der Waals surface area (Å²) in [5.74, 6) is 2.25. The molecule has 6 heteroatoms. The number of hydrogen-bond acceptors (Lipinski definition) is 4. The van der Waals surface area contributed by atoms with E-state index in [1.807, 2.05) is 48.5 Å². The van der Waals surface area contributed by atoms with Gasteiger partial charge in [0.15, 0.2) is 11.5 Å². The molecule has 3 rings (SSSR count). The molecular formula is C19H20BrNO4. The molecule has 2 aromatic rings. The lowest BCUT2D eigenvalue weighted by molar-refractivity contribution is -0.121. The fourth-order valence-electron chi connectivity index (χ4n) is 2.43. The van der Waals surface area contributed by atoms with E-state index in [9.17, 15) is 4.79 Å². The fraction of sp³-hybridized carbons (Fsp3) is 0.316. The van der Waals surface area contributed by atoms with Gasteiger partial charge < -0.3 is 19.5 Å². The molecule has 1 amide bonds. The van der Waals surface area contributed by atoms with Crippen molar-refractivity contribution in [2.24, 2.45) is 0 Å². The van der Waals surface area contributed by atoms with E-state index in [1.165, 1.54) is 0 Å². The number of carbonyl (C=O) groups is 1. The normalized spacial score (nSPS) is 15.5. The molecule has 0 bridgehead atoms. The Morgan fingerprint density at radius 2 is 1.92 bits per heavy atom. The largest absolute Gasteiger partial charge is 0.494 e. The Balaban J connectivity index is 1.31. The van der Waals surface area contributed by atoms with Gasteiger partial charge in [-0.2, -0.15) is 0 Å². The molecule has 5 nitrogen and oxygen atoms in total. The maximum atomic E-state index is 11.9. The number of rotatable bonds is 7. The quantitative estimate of drug-likeness (QED) is 0.715. The molecule has 0 spiro atoms. The zero-order valence-corrected chi connectivity index (χ0v) is 15.3. The molecule has 1 atom stereocenters. The number of benzene rings is 2. The van der Waals surface area contributed by atoms with Crippen LogP contribution in [0.2, 0.25) is 0 Å². The third-order valence-corrected chi connectivity index (χ3v) is 4.25. The predicted molar refractivity (Wildman–Crippen MR) is 98.2 cm³/mol. The number of carbonyl (C=O) groups excluding carboxylic acids is 1. The first-order chi connectivity index (χ1) is 12.2. The number of fused-ring (bicyclic) bond motifs is 1. The van der Waals surface area contributed by atoms with Gasteiger partial charge in [0.2, 0.25) is 5.91 Å². The first kappa shape index (κ1) is 17.6. The van der Waals surface area contributed by atoms with Crippen molar-refractivity contribution < 1.29 is 19.0 Å². The summed E-state index contributed by atoms with van der Waals surface area (Å²) in [5.41, 5.74) is 0. The van der Waals surface area contributed by atoms with Crippen molar-refractivity contribution in [3.05, 3.63) is 53.0 Å². The van der Waals surface area contributed by atoms with Crippen molar-refractivity contribution in [3.63, 3.8) is 0 Å². The topological polar surface area (TPSA) is 56.8 Å². The highest BCUT2D eigenvalue weighted by molar-refractivity contribution is 9.10. The minimum absolute atomic E-state index is 0.0122. The minimum Gasteiger partial charge on any atom is -0.494 e. The molecule has 0 radical (unpaired) electrons. The highest BCUT2D eigenvalue weighted by atomic mass is 79.9. The molecule has 1 N–H and O–H groups in total. The molecule has 2 aromatic carbocycles. The standard InChI is InChI=1S/C19H20BrNO4/c20-14-7-9-15(10-8-14)23-11-3-6-19(22)21-12-16-13-24-17-4-1-2-5-18(17)25-16/h1-2,4-5,7-10,16H,3,6,11-13H2,(H,21,22)/t16-/m1/s1. The van der Waals surface area contributed by atoms with Crippen molar-refractivity contribution in [1.29, 1.82) is 0 Å². The van der Waals surface area contributed by atoms with Crippen molar-refractivity contribution in [3.8, 4) is 17.2 Å². The number of amides is 1. The number of halogens is 1. The Labute approximate surface area is 155 Å². The summed E-state index contributed by atoms with van der Waals surface area (Å²) in [6.45, 7) is 1.37. The van der Waals surface area contributed by atoms with Crippen molar-refractivity contribution in [1.82, 2.24) is 5.32 Å². The van der Waals surface area contributed by atoms with Gasteiger partial charge in [-0.1, -0.05) is 28.1 Å². The van der Waals surface area contributed by atoms with Crippen LogP contribution >= 0.6 is 15.9 Å². The Hall–Kier alpha value is -2.21. The molecule has 25 heavy (non-hydrogen) atoms. The number of hydrogen-bond donors (Lipinski definition) is 1. The van der Waals surface area contributed by atoms with Gasteiger partial charge in [0.25, 0.3) is 0 Å². The lowest BCUT2D eigenvalue weighted by Gasteiger charge is -2.26. The van der Waals surface area contributed by atoms with Crippen LogP contribution in [-0.4, -0.2) is 31.8 Å². The average molecular weight is 406 g/mol. The molecule has 0 saturated carbocycles. The van der Waals surface area contributed by atoms with Crippen LogP contribution in [0.3, 0.4) is 0 Å². The van der Waals surface area contributed by atoms with Gasteiger partial charge in [-0.25, -0.2) is 0 Å². The van der Waals surface area contributed by atoms with E-state index < -0.39 is 0 Å². The zero-order chi connectivity index (χ0) is 17.5. The second-order valence-corrected chi connectivity index (χ2v) is 6.62. The smallest absolute Gasteiger partial charge is 0.220 e. The molecular weight excluding hydrogens is 386 g/mol.